The molecule has 11 heavy (non-hydrogen) atoms. The van der Waals surface area contributed by atoms with E-state index in [9.17, 15) is 4.79 Å². The summed E-state index contributed by atoms with van der Waals surface area (Å²) in [6.07, 6.45) is 5.82. The Morgan fingerprint density at radius 2 is 2.00 bits per heavy atom. The Balaban J connectivity index is 2.08. The maximum atomic E-state index is 10.7. The largest absolute Gasteiger partial charge is 0.481 e. The highest BCUT2D eigenvalue weighted by Crippen LogP contribution is 2.47. The average Bonchev–Trinajstić information content (AvgIpc) is 2.41. The number of carboxylic acids is 1. The first-order chi connectivity index (χ1) is 5.29. The van der Waals surface area contributed by atoms with E-state index in [4.69, 9.17) is 5.11 Å². The van der Waals surface area contributed by atoms with Gasteiger partial charge in [0.05, 0.1) is 5.92 Å². The van der Waals surface area contributed by atoms with Crippen molar-refractivity contribution >= 4 is 5.97 Å². The van der Waals surface area contributed by atoms with Crippen LogP contribution in [0.3, 0.4) is 0 Å². The molecule has 0 unspecified atom stereocenters. The minimum Gasteiger partial charge on any atom is -0.481 e. The van der Waals surface area contributed by atoms with Crippen molar-refractivity contribution in [1.29, 1.82) is 0 Å². The number of hydrogen-bond donors (Lipinski definition) is 1. The number of aliphatic carboxylic acids is 1. The molecule has 0 aliphatic heterocycles. The minimum atomic E-state index is -0.556. The summed E-state index contributed by atoms with van der Waals surface area (Å²) in [5.74, 6) is 0.741. The standard InChI is InChI=1S/C9H14O2/c10-9(11)8-5-4-6-2-1-3-7(6)8/h6-8H,1-5H2,(H,10,11)/t6-,7+,8-/m0/s1. The first-order valence-corrected chi connectivity index (χ1v) is 4.52. The van der Waals surface area contributed by atoms with Gasteiger partial charge in [-0.25, -0.2) is 0 Å². The second-order valence-electron chi connectivity index (χ2n) is 3.88. The molecule has 2 heteroatoms. The monoisotopic (exact) mass is 154 g/mol. The van der Waals surface area contributed by atoms with Crippen LogP contribution in [0.1, 0.15) is 32.1 Å². The third-order valence-corrected chi connectivity index (χ3v) is 3.40. The van der Waals surface area contributed by atoms with Gasteiger partial charge in [-0.1, -0.05) is 12.8 Å². The predicted molar refractivity (Wildman–Crippen MR) is 41.2 cm³/mol. The van der Waals surface area contributed by atoms with Crippen LogP contribution in [-0.2, 0) is 4.79 Å². The quantitative estimate of drug-likeness (QED) is 0.626. The molecule has 0 spiro atoms. The Morgan fingerprint density at radius 1 is 1.18 bits per heavy atom. The lowest BCUT2D eigenvalue weighted by Gasteiger charge is -2.12. The fourth-order valence-corrected chi connectivity index (χ4v) is 2.87. The highest BCUT2D eigenvalue weighted by Gasteiger charge is 2.42. The molecule has 2 fully saturated rings. The molecule has 0 aromatic carbocycles. The molecule has 0 saturated heterocycles. The van der Waals surface area contributed by atoms with Gasteiger partial charge in [0.1, 0.15) is 0 Å². The van der Waals surface area contributed by atoms with Gasteiger partial charge in [-0.15, -0.1) is 0 Å². The van der Waals surface area contributed by atoms with Crippen LogP contribution in [0.2, 0.25) is 0 Å². The molecular formula is C9H14O2. The molecule has 62 valence electrons. The molecule has 2 rings (SSSR count). The summed E-state index contributed by atoms with van der Waals surface area (Å²) < 4.78 is 0. The number of carboxylic acid groups (broad SMARTS) is 1. The van der Waals surface area contributed by atoms with E-state index in [2.05, 4.69) is 0 Å². The highest BCUT2D eigenvalue weighted by atomic mass is 16.4. The van der Waals surface area contributed by atoms with Crippen molar-refractivity contribution in [3.05, 3.63) is 0 Å². The van der Waals surface area contributed by atoms with E-state index in [-0.39, 0.29) is 5.92 Å². The molecule has 0 radical (unpaired) electrons. The van der Waals surface area contributed by atoms with Crippen molar-refractivity contribution in [2.75, 3.05) is 0 Å². The third kappa shape index (κ3) is 1.05. The lowest BCUT2D eigenvalue weighted by molar-refractivity contribution is -0.143. The van der Waals surface area contributed by atoms with Crippen LogP contribution in [0.25, 0.3) is 0 Å². The molecule has 0 heterocycles. The van der Waals surface area contributed by atoms with Gasteiger partial charge < -0.3 is 5.11 Å². The maximum Gasteiger partial charge on any atom is 0.306 e. The molecule has 2 aliphatic carbocycles. The Morgan fingerprint density at radius 3 is 2.73 bits per heavy atom. The average molecular weight is 154 g/mol. The van der Waals surface area contributed by atoms with Crippen LogP contribution < -0.4 is 0 Å². The topological polar surface area (TPSA) is 37.3 Å². The summed E-state index contributed by atoms with van der Waals surface area (Å²) in [4.78, 5) is 10.7. The summed E-state index contributed by atoms with van der Waals surface area (Å²) >= 11 is 0. The summed E-state index contributed by atoms with van der Waals surface area (Å²) in [7, 11) is 0. The molecule has 3 atom stereocenters. The SMILES string of the molecule is O=C(O)[C@H]1CC[C@@H]2CCC[C@H]21. The van der Waals surface area contributed by atoms with Crippen molar-refractivity contribution in [2.45, 2.75) is 32.1 Å². The van der Waals surface area contributed by atoms with Crippen LogP contribution in [0, 0.1) is 17.8 Å². The molecule has 2 saturated carbocycles. The maximum absolute atomic E-state index is 10.7. The van der Waals surface area contributed by atoms with Crippen molar-refractivity contribution in [3.8, 4) is 0 Å². The van der Waals surface area contributed by atoms with Gasteiger partial charge >= 0.3 is 5.97 Å². The number of fused-ring (bicyclic) bond motifs is 1. The zero-order valence-electron chi connectivity index (χ0n) is 6.62. The fraction of sp³-hybridized carbons (Fsp3) is 0.889. The summed E-state index contributed by atoms with van der Waals surface area (Å²) in [6.45, 7) is 0. The van der Waals surface area contributed by atoms with E-state index in [0.29, 0.717) is 5.92 Å². The summed E-state index contributed by atoms with van der Waals surface area (Å²) in [5.41, 5.74) is 0. The van der Waals surface area contributed by atoms with E-state index in [1.54, 1.807) is 0 Å². The van der Waals surface area contributed by atoms with E-state index in [1.165, 1.54) is 25.7 Å². The lowest BCUT2D eigenvalue weighted by Crippen LogP contribution is -2.18. The normalized spacial score (nSPS) is 42.4. The third-order valence-electron chi connectivity index (χ3n) is 3.40. The number of carbonyl (C=O) groups is 1. The van der Waals surface area contributed by atoms with Crippen LogP contribution >= 0.6 is 0 Å². The van der Waals surface area contributed by atoms with Crippen LogP contribution in [-0.4, -0.2) is 11.1 Å². The van der Waals surface area contributed by atoms with E-state index >= 15 is 0 Å². The molecule has 0 amide bonds. The van der Waals surface area contributed by atoms with Crippen LogP contribution in [0.4, 0.5) is 0 Å². The predicted octanol–water partition coefficient (Wildman–Crippen LogP) is 1.90. The van der Waals surface area contributed by atoms with E-state index in [0.717, 1.165) is 12.3 Å². The van der Waals surface area contributed by atoms with Crippen molar-refractivity contribution in [2.24, 2.45) is 17.8 Å². The Bertz CT molecular complexity index is 176. The summed E-state index contributed by atoms with van der Waals surface area (Å²) in [5, 5.41) is 8.86. The van der Waals surface area contributed by atoms with Gasteiger partial charge in [-0.05, 0) is 31.1 Å². The minimum absolute atomic E-state index is 0.00231. The smallest absolute Gasteiger partial charge is 0.306 e. The lowest BCUT2D eigenvalue weighted by atomic mass is 9.92. The molecule has 2 nitrogen and oxygen atoms in total. The molecule has 0 bridgehead atoms. The van der Waals surface area contributed by atoms with Crippen LogP contribution in [0.5, 0.6) is 0 Å². The molecule has 0 aromatic heterocycles. The molecule has 2 aliphatic rings. The van der Waals surface area contributed by atoms with Crippen molar-refractivity contribution in [3.63, 3.8) is 0 Å². The first-order valence-electron chi connectivity index (χ1n) is 4.52. The zero-order valence-corrected chi connectivity index (χ0v) is 6.62. The van der Waals surface area contributed by atoms with Gasteiger partial charge in [-0.3, -0.25) is 4.79 Å². The van der Waals surface area contributed by atoms with Gasteiger partial charge in [0.2, 0.25) is 0 Å². The fourth-order valence-electron chi connectivity index (χ4n) is 2.87. The van der Waals surface area contributed by atoms with Crippen LogP contribution in [0.15, 0.2) is 0 Å². The second-order valence-corrected chi connectivity index (χ2v) is 3.88. The first kappa shape index (κ1) is 7.14. The molecule has 1 N–H and O–H groups in total. The van der Waals surface area contributed by atoms with Gasteiger partial charge in [0.15, 0.2) is 0 Å². The molecular weight excluding hydrogens is 140 g/mol. The number of hydrogen-bond acceptors (Lipinski definition) is 1. The zero-order chi connectivity index (χ0) is 7.84. The van der Waals surface area contributed by atoms with Crippen molar-refractivity contribution < 1.29 is 9.90 Å². The van der Waals surface area contributed by atoms with E-state index < -0.39 is 5.97 Å². The van der Waals surface area contributed by atoms with Gasteiger partial charge in [0.25, 0.3) is 0 Å². The Labute approximate surface area is 66.6 Å². The number of rotatable bonds is 1. The van der Waals surface area contributed by atoms with Gasteiger partial charge in [-0.2, -0.15) is 0 Å². The Hall–Kier alpha value is -0.530. The highest BCUT2D eigenvalue weighted by molar-refractivity contribution is 5.70. The van der Waals surface area contributed by atoms with Gasteiger partial charge in [0, 0.05) is 0 Å². The molecule has 0 aromatic rings. The second kappa shape index (κ2) is 2.50. The Kier molecular flexibility index (Phi) is 1.63. The van der Waals surface area contributed by atoms with E-state index in [1.807, 2.05) is 0 Å². The van der Waals surface area contributed by atoms with Crippen molar-refractivity contribution in [1.82, 2.24) is 0 Å². The summed E-state index contributed by atoms with van der Waals surface area (Å²) in [6, 6.07) is 0.